The van der Waals surface area contributed by atoms with Gasteiger partial charge in [0.25, 0.3) is 0 Å². The number of methoxy groups -OCH3 is 2. The minimum atomic E-state index is -3.68. The van der Waals surface area contributed by atoms with Crippen LogP contribution in [-0.4, -0.2) is 39.0 Å². The van der Waals surface area contributed by atoms with Crippen molar-refractivity contribution in [3.05, 3.63) is 72.3 Å². The molecule has 1 aliphatic heterocycles. The largest absolute Gasteiger partial charge is 0.497 e. The van der Waals surface area contributed by atoms with E-state index in [1.54, 1.807) is 55.7 Å². The van der Waals surface area contributed by atoms with Crippen molar-refractivity contribution in [1.82, 2.24) is 4.31 Å². The third kappa shape index (κ3) is 3.49. The smallest absolute Gasteiger partial charge is 0.330 e. The van der Waals surface area contributed by atoms with E-state index in [4.69, 9.17) is 4.74 Å². The van der Waals surface area contributed by atoms with Crippen LogP contribution in [0.15, 0.2) is 71.6 Å². The van der Waals surface area contributed by atoms with E-state index in [0.29, 0.717) is 5.75 Å². The van der Waals surface area contributed by atoms with E-state index in [1.807, 2.05) is 12.1 Å². The van der Waals surface area contributed by atoms with E-state index >= 15 is 0 Å². The molecule has 0 aromatic heterocycles. The molecule has 3 atom stereocenters. The Bertz CT molecular complexity index is 907. The van der Waals surface area contributed by atoms with Crippen LogP contribution in [0.1, 0.15) is 11.6 Å². The molecule has 0 radical (unpaired) electrons. The van der Waals surface area contributed by atoms with Crippen LogP contribution >= 0.6 is 0 Å². The van der Waals surface area contributed by atoms with Gasteiger partial charge in [0.2, 0.25) is 10.0 Å². The zero-order valence-electron chi connectivity index (χ0n) is 14.4. The van der Waals surface area contributed by atoms with Crippen molar-refractivity contribution in [2.24, 2.45) is 0 Å². The van der Waals surface area contributed by atoms with Gasteiger partial charge >= 0.3 is 5.97 Å². The standard InChI is InChI=1S/C19H19NO5S/c1-24-15-10-8-14(9-11-15)19-17(12-13-18(21)25-2)20(19)26(22,23)16-6-4-3-5-7-16/h3-13,17,19H,1-2H3/b13-12+. The number of sulfonamides is 1. The fourth-order valence-electron chi connectivity index (χ4n) is 2.83. The Kier molecular flexibility index (Phi) is 5.11. The van der Waals surface area contributed by atoms with Crippen LogP contribution in [-0.2, 0) is 19.6 Å². The number of hydrogen-bond donors (Lipinski definition) is 0. The molecule has 0 amide bonds. The fraction of sp³-hybridized carbons (Fsp3) is 0.211. The van der Waals surface area contributed by atoms with E-state index in [-0.39, 0.29) is 10.9 Å². The van der Waals surface area contributed by atoms with Gasteiger partial charge in [-0.25, -0.2) is 13.2 Å². The van der Waals surface area contributed by atoms with Gasteiger partial charge in [0, 0.05) is 6.08 Å². The van der Waals surface area contributed by atoms with Crippen molar-refractivity contribution < 1.29 is 22.7 Å². The Hall–Kier alpha value is -2.64. The number of esters is 1. The summed E-state index contributed by atoms with van der Waals surface area (Å²) in [6.45, 7) is 0. The van der Waals surface area contributed by atoms with Crippen molar-refractivity contribution in [2.75, 3.05) is 14.2 Å². The highest BCUT2D eigenvalue weighted by Gasteiger charge is 2.54. The van der Waals surface area contributed by atoms with E-state index < -0.39 is 22.0 Å². The number of rotatable bonds is 6. The molecule has 1 heterocycles. The van der Waals surface area contributed by atoms with Gasteiger partial charge in [0.1, 0.15) is 5.75 Å². The Morgan fingerprint density at radius 2 is 1.69 bits per heavy atom. The van der Waals surface area contributed by atoms with E-state index in [9.17, 15) is 13.2 Å². The molecule has 0 bridgehead atoms. The fourth-order valence-corrected chi connectivity index (χ4v) is 4.57. The number of ether oxygens (including phenoxy) is 2. The first-order valence-electron chi connectivity index (χ1n) is 7.97. The minimum absolute atomic E-state index is 0.215. The predicted molar refractivity (Wildman–Crippen MR) is 96.1 cm³/mol. The Morgan fingerprint density at radius 3 is 2.27 bits per heavy atom. The highest BCUT2D eigenvalue weighted by Crippen LogP contribution is 2.48. The third-order valence-electron chi connectivity index (χ3n) is 4.21. The van der Waals surface area contributed by atoms with E-state index in [1.165, 1.54) is 17.5 Å². The molecule has 0 N–H and O–H groups in total. The molecule has 3 unspecified atom stereocenters. The maximum absolute atomic E-state index is 13.0. The molecular formula is C19H19NO5S. The first-order valence-corrected chi connectivity index (χ1v) is 9.41. The Labute approximate surface area is 152 Å². The summed E-state index contributed by atoms with van der Waals surface area (Å²) >= 11 is 0. The second-order valence-corrected chi connectivity index (χ2v) is 7.58. The van der Waals surface area contributed by atoms with Gasteiger partial charge in [-0.2, -0.15) is 4.31 Å². The average Bonchev–Trinajstić information content (AvgIpc) is 3.42. The second-order valence-electron chi connectivity index (χ2n) is 5.74. The first-order chi connectivity index (χ1) is 12.5. The molecule has 136 valence electrons. The lowest BCUT2D eigenvalue weighted by atomic mass is 10.1. The van der Waals surface area contributed by atoms with Gasteiger partial charge in [-0.15, -0.1) is 0 Å². The molecule has 1 aliphatic rings. The Morgan fingerprint density at radius 1 is 1.04 bits per heavy atom. The van der Waals surface area contributed by atoms with Crippen molar-refractivity contribution in [3.63, 3.8) is 0 Å². The topological polar surface area (TPSA) is 72.7 Å². The highest BCUT2D eigenvalue weighted by molar-refractivity contribution is 7.89. The van der Waals surface area contributed by atoms with Crippen molar-refractivity contribution in [3.8, 4) is 5.75 Å². The van der Waals surface area contributed by atoms with Gasteiger partial charge in [-0.05, 0) is 29.8 Å². The Balaban J connectivity index is 1.94. The van der Waals surface area contributed by atoms with Gasteiger partial charge in [0.05, 0.1) is 31.2 Å². The van der Waals surface area contributed by atoms with Crippen LogP contribution in [0.2, 0.25) is 0 Å². The number of carbonyl (C=O) groups is 1. The SMILES string of the molecule is COC(=O)/C=C/C1C(c2ccc(OC)cc2)N1S(=O)(=O)c1ccccc1. The zero-order valence-corrected chi connectivity index (χ0v) is 15.2. The molecule has 1 fully saturated rings. The molecule has 0 spiro atoms. The normalized spacial score (nSPS) is 22.2. The van der Waals surface area contributed by atoms with E-state index in [2.05, 4.69) is 4.74 Å². The molecule has 7 heteroatoms. The first kappa shape index (κ1) is 18.2. The summed E-state index contributed by atoms with van der Waals surface area (Å²) < 4.78 is 37.1. The summed E-state index contributed by atoms with van der Waals surface area (Å²) in [5.74, 6) is 0.163. The van der Waals surface area contributed by atoms with E-state index in [0.717, 1.165) is 5.56 Å². The summed E-state index contributed by atoms with van der Waals surface area (Å²) in [6, 6.07) is 14.6. The quantitative estimate of drug-likeness (QED) is 0.442. The lowest BCUT2D eigenvalue weighted by molar-refractivity contribution is -0.134. The summed E-state index contributed by atoms with van der Waals surface area (Å²) in [5.41, 5.74) is 0.824. The van der Waals surface area contributed by atoms with Crippen LogP contribution in [0.4, 0.5) is 0 Å². The van der Waals surface area contributed by atoms with Crippen LogP contribution in [0.5, 0.6) is 5.75 Å². The van der Waals surface area contributed by atoms with Gasteiger partial charge in [-0.1, -0.05) is 36.4 Å². The summed E-state index contributed by atoms with van der Waals surface area (Å²) in [6.07, 6.45) is 2.81. The molecule has 1 saturated heterocycles. The number of hydrogen-bond acceptors (Lipinski definition) is 5. The van der Waals surface area contributed by atoms with Gasteiger partial charge < -0.3 is 9.47 Å². The molecule has 2 aromatic carbocycles. The molecule has 3 rings (SSSR count). The monoisotopic (exact) mass is 373 g/mol. The van der Waals surface area contributed by atoms with Crippen LogP contribution < -0.4 is 4.74 Å². The van der Waals surface area contributed by atoms with Crippen molar-refractivity contribution in [1.29, 1.82) is 0 Å². The summed E-state index contributed by atoms with van der Waals surface area (Å²) in [4.78, 5) is 11.6. The van der Waals surface area contributed by atoms with Crippen molar-refractivity contribution in [2.45, 2.75) is 17.0 Å². The lowest BCUT2D eigenvalue weighted by Crippen LogP contribution is -2.14. The lowest BCUT2D eigenvalue weighted by Gasteiger charge is -2.07. The average molecular weight is 373 g/mol. The van der Waals surface area contributed by atoms with Crippen LogP contribution in [0, 0.1) is 0 Å². The summed E-state index contributed by atoms with van der Waals surface area (Å²) in [5, 5.41) is 0. The van der Waals surface area contributed by atoms with Crippen molar-refractivity contribution >= 4 is 16.0 Å². The molecule has 0 aliphatic carbocycles. The second kappa shape index (κ2) is 7.31. The number of nitrogens with zero attached hydrogens (tertiary/aromatic N) is 1. The molecule has 0 saturated carbocycles. The third-order valence-corrected chi connectivity index (χ3v) is 6.10. The predicted octanol–water partition coefficient (Wildman–Crippen LogP) is 2.54. The van der Waals surface area contributed by atoms with Crippen LogP contribution in [0.3, 0.4) is 0 Å². The minimum Gasteiger partial charge on any atom is -0.497 e. The number of carbonyl (C=O) groups excluding carboxylic acids is 1. The van der Waals surface area contributed by atoms with Gasteiger partial charge in [-0.3, -0.25) is 0 Å². The maximum Gasteiger partial charge on any atom is 0.330 e. The maximum atomic E-state index is 13.0. The summed E-state index contributed by atoms with van der Waals surface area (Å²) in [7, 11) is -0.837. The van der Waals surface area contributed by atoms with Gasteiger partial charge in [0.15, 0.2) is 0 Å². The van der Waals surface area contributed by atoms with Crippen LogP contribution in [0.25, 0.3) is 0 Å². The zero-order chi connectivity index (χ0) is 18.7. The molecular weight excluding hydrogens is 354 g/mol. The molecule has 6 nitrogen and oxygen atoms in total. The highest BCUT2D eigenvalue weighted by atomic mass is 32.2. The molecule has 26 heavy (non-hydrogen) atoms. The number of benzene rings is 2. The molecule has 2 aromatic rings.